The van der Waals surface area contributed by atoms with Crippen molar-refractivity contribution in [1.82, 2.24) is 19.5 Å². The molecule has 0 radical (unpaired) electrons. The van der Waals surface area contributed by atoms with Crippen molar-refractivity contribution in [2.75, 3.05) is 17.3 Å². The molecule has 0 aliphatic carbocycles. The minimum absolute atomic E-state index is 0.0634. The third-order valence-corrected chi connectivity index (χ3v) is 5.56. The Hall–Kier alpha value is -4.20. The average molecular weight is 450 g/mol. The van der Waals surface area contributed by atoms with E-state index in [1.807, 2.05) is 25.3 Å². The van der Waals surface area contributed by atoms with Gasteiger partial charge < -0.3 is 20.7 Å². The molecular weight excluding hydrogens is 427 g/mol. The summed E-state index contributed by atoms with van der Waals surface area (Å²) in [5.41, 5.74) is 7.05. The third-order valence-electron chi connectivity index (χ3n) is 5.56. The van der Waals surface area contributed by atoms with E-state index in [9.17, 15) is 14.4 Å². The van der Waals surface area contributed by atoms with Crippen LogP contribution in [0.5, 0.6) is 5.75 Å². The summed E-state index contributed by atoms with van der Waals surface area (Å²) in [4.78, 5) is 26.9. The number of amides is 1. The molecule has 0 fully saturated rings. The number of ether oxygens (including phenoxy) is 1. The Morgan fingerprint density at radius 3 is 2.76 bits per heavy atom. The van der Waals surface area contributed by atoms with E-state index in [1.54, 1.807) is 12.5 Å². The number of nitrogens with two attached hydrogens (primary N) is 1. The number of nitrogens with one attached hydrogen (secondary N) is 1. The number of rotatable bonds is 6. The molecule has 33 heavy (non-hydrogen) atoms. The minimum atomic E-state index is -0.895. The highest BCUT2D eigenvalue weighted by Crippen LogP contribution is 2.42. The van der Waals surface area contributed by atoms with Crippen LogP contribution in [0, 0.1) is 17.1 Å². The second-order valence-corrected chi connectivity index (χ2v) is 7.81. The summed E-state index contributed by atoms with van der Waals surface area (Å²) in [5, 5.41) is 12.5. The van der Waals surface area contributed by atoms with Gasteiger partial charge in [0.05, 0.1) is 36.3 Å². The molecule has 3 N–H and O–H groups in total. The molecule has 10 nitrogen and oxygen atoms in total. The number of hydrogen-bond acceptors (Lipinski definition) is 8. The van der Waals surface area contributed by atoms with E-state index in [0.29, 0.717) is 17.2 Å². The van der Waals surface area contributed by atoms with Crippen LogP contribution in [0.4, 0.5) is 21.8 Å². The number of halogens is 1. The van der Waals surface area contributed by atoms with Crippen LogP contribution in [0.2, 0.25) is 0 Å². The fourth-order valence-electron chi connectivity index (χ4n) is 4.14. The minimum Gasteiger partial charge on any atom is -0.495 e. The molecule has 170 valence electrons. The van der Waals surface area contributed by atoms with E-state index in [4.69, 9.17) is 15.5 Å². The van der Waals surface area contributed by atoms with Gasteiger partial charge in [0.1, 0.15) is 29.7 Å². The summed E-state index contributed by atoms with van der Waals surface area (Å²) in [5.74, 6) is -0.604. The number of nitriles is 1. The Balaban J connectivity index is 1.82. The highest BCUT2D eigenvalue weighted by atomic mass is 19.1. The zero-order valence-corrected chi connectivity index (χ0v) is 18.6. The number of fused-ring (bicyclic) bond motifs is 3. The van der Waals surface area contributed by atoms with Crippen molar-refractivity contribution in [1.29, 1.82) is 5.26 Å². The molecule has 2 aromatic heterocycles. The number of carbonyl (C=O) groups is 1. The van der Waals surface area contributed by atoms with Crippen molar-refractivity contribution in [3.8, 4) is 17.5 Å². The molecule has 0 saturated carbocycles. The molecule has 3 aromatic rings. The van der Waals surface area contributed by atoms with Crippen LogP contribution in [0.1, 0.15) is 55.0 Å². The molecule has 0 unspecified atom stereocenters. The zero-order chi connectivity index (χ0) is 23.9. The van der Waals surface area contributed by atoms with Gasteiger partial charge in [0.15, 0.2) is 11.5 Å². The van der Waals surface area contributed by atoms with Gasteiger partial charge in [-0.3, -0.25) is 9.36 Å². The molecule has 1 amide bonds. The molecule has 1 aliphatic heterocycles. The fraction of sp³-hybridized carbons (Fsp3) is 0.318. The van der Waals surface area contributed by atoms with Gasteiger partial charge in [-0.2, -0.15) is 10.2 Å². The smallest absolute Gasteiger partial charge is 0.251 e. The molecule has 1 aliphatic rings. The van der Waals surface area contributed by atoms with Crippen LogP contribution in [0.15, 0.2) is 24.7 Å². The van der Waals surface area contributed by atoms with Gasteiger partial charge in [0.2, 0.25) is 5.95 Å². The van der Waals surface area contributed by atoms with Gasteiger partial charge in [0, 0.05) is 12.1 Å². The van der Waals surface area contributed by atoms with Gasteiger partial charge in [-0.1, -0.05) is 6.92 Å². The Kier molecular flexibility index (Phi) is 5.59. The number of anilines is 3. The summed E-state index contributed by atoms with van der Waals surface area (Å²) in [6.07, 6.45) is 3.96. The molecule has 0 saturated heterocycles. The largest absolute Gasteiger partial charge is 0.495 e. The van der Waals surface area contributed by atoms with Crippen molar-refractivity contribution >= 4 is 23.4 Å². The summed E-state index contributed by atoms with van der Waals surface area (Å²) in [6.45, 7) is 6.12. The Bertz CT molecular complexity index is 1280. The van der Waals surface area contributed by atoms with Crippen LogP contribution in [-0.4, -0.2) is 38.6 Å². The molecule has 0 bridgehead atoms. The van der Waals surface area contributed by atoms with Gasteiger partial charge in [-0.15, -0.1) is 0 Å². The SMILES string of the molecule is CC[C@@H]1c2c(C#N)ncn2-c2cnc(Nc3cc(F)c(C(N)=O)cc3OC)nc2N1C(C)C. The summed E-state index contributed by atoms with van der Waals surface area (Å²) in [6, 6.07) is 4.47. The van der Waals surface area contributed by atoms with Crippen LogP contribution in [0.25, 0.3) is 5.69 Å². The normalized spacial score (nSPS) is 14.5. The van der Waals surface area contributed by atoms with E-state index in [0.717, 1.165) is 18.2 Å². The van der Waals surface area contributed by atoms with Crippen molar-refractivity contribution in [3.05, 3.63) is 47.4 Å². The number of hydrogen-bond donors (Lipinski definition) is 2. The number of nitrogens with zero attached hydrogens (tertiary/aromatic N) is 6. The third kappa shape index (κ3) is 3.59. The number of primary amides is 1. The van der Waals surface area contributed by atoms with Gasteiger partial charge in [-0.05, 0) is 26.3 Å². The Labute approximate surface area is 189 Å². The van der Waals surface area contributed by atoms with E-state index >= 15 is 0 Å². The lowest BCUT2D eigenvalue weighted by atomic mass is 10.0. The first kappa shape index (κ1) is 22.0. The maximum Gasteiger partial charge on any atom is 0.251 e. The highest BCUT2D eigenvalue weighted by Gasteiger charge is 2.36. The summed E-state index contributed by atoms with van der Waals surface area (Å²) in [7, 11) is 1.40. The number of carbonyl (C=O) groups excluding carboxylic acids is 1. The van der Waals surface area contributed by atoms with Crippen molar-refractivity contribution in [3.63, 3.8) is 0 Å². The number of methoxy groups -OCH3 is 1. The molecule has 3 heterocycles. The molecule has 1 aromatic carbocycles. The molecule has 1 atom stereocenters. The lowest BCUT2D eigenvalue weighted by Crippen LogP contribution is -2.40. The highest BCUT2D eigenvalue weighted by molar-refractivity contribution is 5.94. The quantitative estimate of drug-likeness (QED) is 0.584. The maximum absolute atomic E-state index is 14.4. The molecule has 11 heteroatoms. The van der Waals surface area contributed by atoms with Crippen molar-refractivity contribution in [2.45, 2.75) is 39.3 Å². The fourth-order valence-corrected chi connectivity index (χ4v) is 4.14. The van der Waals surface area contributed by atoms with Crippen molar-refractivity contribution < 1.29 is 13.9 Å². The van der Waals surface area contributed by atoms with Gasteiger partial charge in [0.25, 0.3) is 5.91 Å². The van der Waals surface area contributed by atoms with Gasteiger partial charge >= 0.3 is 0 Å². The van der Waals surface area contributed by atoms with Crippen LogP contribution < -0.4 is 20.7 Å². The Morgan fingerprint density at radius 1 is 1.39 bits per heavy atom. The second-order valence-electron chi connectivity index (χ2n) is 7.81. The zero-order valence-electron chi connectivity index (χ0n) is 18.6. The lowest BCUT2D eigenvalue weighted by Gasteiger charge is -2.40. The maximum atomic E-state index is 14.4. The topological polar surface area (TPSA) is 135 Å². The summed E-state index contributed by atoms with van der Waals surface area (Å²) < 4.78 is 21.5. The first-order valence-electron chi connectivity index (χ1n) is 10.4. The standard InChI is InChI=1S/C22H23FN8O2/c1-5-16-19-15(8-24)27-10-30(19)17-9-26-22(29-21(17)31(16)11(2)3)28-14-7-13(23)12(20(25)32)6-18(14)33-4/h6-7,9-11,16H,5H2,1-4H3,(H2,25,32)(H,26,28,29)/t16-/m1/s1. The van der Waals surface area contributed by atoms with E-state index in [-0.39, 0.29) is 35.0 Å². The predicted molar refractivity (Wildman–Crippen MR) is 119 cm³/mol. The lowest BCUT2D eigenvalue weighted by molar-refractivity contribution is 0.0996. The number of benzene rings is 1. The van der Waals surface area contributed by atoms with Crippen LogP contribution in [0.3, 0.4) is 0 Å². The van der Waals surface area contributed by atoms with Crippen molar-refractivity contribution in [2.24, 2.45) is 5.73 Å². The second kappa shape index (κ2) is 8.38. The molecule has 4 rings (SSSR count). The van der Waals surface area contributed by atoms with E-state index in [2.05, 4.69) is 26.3 Å². The van der Waals surface area contributed by atoms with Gasteiger partial charge in [-0.25, -0.2) is 14.4 Å². The number of imidazole rings is 1. The first-order chi connectivity index (χ1) is 15.8. The van der Waals surface area contributed by atoms with E-state index in [1.165, 1.54) is 13.2 Å². The average Bonchev–Trinajstić information content (AvgIpc) is 3.21. The monoisotopic (exact) mass is 450 g/mol. The first-order valence-corrected chi connectivity index (χ1v) is 10.4. The van der Waals surface area contributed by atoms with Crippen LogP contribution in [-0.2, 0) is 0 Å². The van der Waals surface area contributed by atoms with Crippen LogP contribution >= 0.6 is 0 Å². The predicted octanol–water partition coefficient (Wildman–Crippen LogP) is 3.20. The Morgan fingerprint density at radius 2 is 2.15 bits per heavy atom. The van der Waals surface area contributed by atoms with E-state index < -0.39 is 11.7 Å². The summed E-state index contributed by atoms with van der Waals surface area (Å²) >= 11 is 0. The number of aromatic nitrogens is 4. The molecule has 0 spiro atoms. The molecular formula is C22H23FN8O2.